The highest BCUT2D eigenvalue weighted by atomic mass is 79.9. The molecule has 1 aromatic heterocycles. The van der Waals surface area contributed by atoms with E-state index < -0.39 is 0 Å². The molecule has 0 radical (unpaired) electrons. The molecule has 4 heteroatoms. The highest BCUT2D eigenvalue weighted by Crippen LogP contribution is 2.43. The van der Waals surface area contributed by atoms with Gasteiger partial charge < -0.3 is 5.32 Å². The molecule has 1 aliphatic carbocycles. The van der Waals surface area contributed by atoms with Crippen LogP contribution in [-0.4, -0.2) is 16.5 Å². The Bertz CT molecular complexity index is 594. The first kappa shape index (κ1) is 12.6. The lowest BCUT2D eigenvalue weighted by atomic mass is 10.0. The van der Waals surface area contributed by atoms with Gasteiger partial charge in [0.2, 0.25) is 0 Å². The van der Waals surface area contributed by atoms with Crippen molar-refractivity contribution >= 4 is 21.7 Å². The minimum atomic E-state index is 0.700. The van der Waals surface area contributed by atoms with Crippen LogP contribution >= 0.6 is 15.9 Å². The van der Waals surface area contributed by atoms with Crippen LogP contribution in [0.1, 0.15) is 31.2 Å². The summed E-state index contributed by atoms with van der Waals surface area (Å²) in [4.78, 5) is 9.10. The van der Waals surface area contributed by atoms with Crippen molar-refractivity contribution in [1.29, 1.82) is 0 Å². The summed E-state index contributed by atoms with van der Waals surface area (Å²) >= 11 is 3.48. The van der Waals surface area contributed by atoms with Gasteiger partial charge in [-0.2, -0.15) is 0 Å². The van der Waals surface area contributed by atoms with Gasteiger partial charge in [0.05, 0.1) is 4.47 Å². The Labute approximate surface area is 121 Å². The molecule has 3 nitrogen and oxygen atoms in total. The van der Waals surface area contributed by atoms with Crippen LogP contribution in [-0.2, 0) is 0 Å². The lowest BCUT2D eigenvalue weighted by Crippen LogP contribution is -2.03. The molecule has 0 unspecified atom stereocenters. The number of nitrogens with one attached hydrogen (secondary N) is 1. The van der Waals surface area contributed by atoms with E-state index in [9.17, 15) is 0 Å². The summed E-state index contributed by atoms with van der Waals surface area (Å²) in [6.45, 7) is 2.91. The fourth-order valence-electron chi connectivity index (χ4n) is 2.24. The predicted molar refractivity (Wildman–Crippen MR) is 81.3 cm³/mol. The SMILES string of the molecule is CCNc1nc(-c2ccccc2C2CC2)ncc1Br. The van der Waals surface area contributed by atoms with Crippen molar-refractivity contribution in [2.24, 2.45) is 0 Å². The summed E-state index contributed by atoms with van der Waals surface area (Å²) < 4.78 is 0.905. The topological polar surface area (TPSA) is 37.8 Å². The molecule has 0 bridgehead atoms. The number of nitrogens with zero attached hydrogens (tertiary/aromatic N) is 2. The molecule has 1 N–H and O–H groups in total. The molecule has 0 aliphatic heterocycles. The monoisotopic (exact) mass is 317 g/mol. The van der Waals surface area contributed by atoms with E-state index in [1.807, 2.05) is 6.20 Å². The first-order chi connectivity index (χ1) is 9.29. The molecule has 1 fully saturated rings. The van der Waals surface area contributed by atoms with E-state index >= 15 is 0 Å². The average Bonchev–Trinajstić information content (AvgIpc) is 3.26. The van der Waals surface area contributed by atoms with Crippen molar-refractivity contribution < 1.29 is 0 Å². The third kappa shape index (κ3) is 2.63. The normalized spacial score (nSPS) is 14.4. The van der Waals surface area contributed by atoms with Crippen molar-refractivity contribution in [2.75, 3.05) is 11.9 Å². The van der Waals surface area contributed by atoms with Gasteiger partial charge in [0.15, 0.2) is 5.82 Å². The number of hydrogen-bond donors (Lipinski definition) is 1. The maximum Gasteiger partial charge on any atom is 0.161 e. The number of benzene rings is 1. The molecule has 0 spiro atoms. The van der Waals surface area contributed by atoms with Gasteiger partial charge in [-0.3, -0.25) is 0 Å². The van der Waals surface area contributed by atoms with Crippen molar-refractivity contribution in [3.8, 4) is 11.4 Å². The van der Waals surface area contributed by atoms with Crippen LogP contribution in [0.3, 0.4) is 0 Å². The number of halogens is 1. The average molecular weight is 318 g/mol. The molecule has 2 aromatic rings. The number of hydrogen-bond acceptors (Lipinski definition) is 3. The highest BCUT2D eigenvalue weighted by molar-refractivity contribution is 9.10. The van der Waals surface area contributed by atoms with E-state index in [1.54, 1.807) is 0 Å². The third-order valence-corrected chi connectivity index (χ3v) is 3.89. The second-order valence-electron chi connectivity index (χ2n) is 4.78. The van der Waals surface area contributed by atoms with Crippen LogP contribution in [0, 0.1) is 0 Å². The zero-order valence-electron chi connectivity index (χ0n) is 10.9. The molecule has 1 aromatic carbocycles. The zero-order valence-corrected chi connectivity index (χ0v) is 12.4. The molecule has 1 heterocycles. The molecule has 0 amide bonds. The van der Waals surface area contributed by atoms with Crippen LogP contribution in [0.5, 0.6) is 0 Å². The summed E-state index contributed by atoms with van der Waals surface area (Å²) in [5, 5.41) is 3.25. The van der Waals surface area contributed by atoms with Crippen molar-refractivity contribution in [3.05, 3.63) is 40.5 Å². The first-order valence-corrected chi connectivity index (χ1v) is 7.44. The van der Waals surface area contributed by atoms with Crippen molar-refractivity contribution in [1.82, 2.24) is 9.97 Å². The lowest BCUT2D eigenvalue weighted by molar-refractivity contribution is 1.08. The molecule has 19 heavy (non-hydrogen) atoms. The Morgan fingerprint density at radius 2 is 2.11 bits per heavy atom. The van der Waals surface area contributed by atoms with Crippen LogP contribution in [0.15, 0.2) is 34.9 Å². The molecule has 3 rings (SSSR count). The van der Waals surface area contributed by atoms with Crippen LogP contribution in [0.25, 0.3) is 11.4 Å². The maximum absolute atomic E-state index is 4.63. The second-order valence-corrected chi connectivity index (χ2v) is 5.64. The van der Waals surface area contributed by atoms with Crippen molar-refractivity contribution in [3.63, 3.8) is 0 Å². The van der Waals surface area contributed by atoms with Crippen molar-refractivity contribution in [2.45, 2.75) is 25.7 Å². The first-order valence-electron chi connectivity index (χ1n) is 6.65. The summed E-state index contributed by atoms with van der Waals surface area (Å²) in [6, 6.07) is 8.47. The molecule has 98 valence electrons. The Kier molecular flexibility index (Phi) is 3.51. The summed E-state index contributed by atoms with van der Waals surface area (Å²) in [7, 11) is 0. The number of aromatic nitrogens is 2. The van der Waals surface area contributed by atoms with Gasteiger partial charge in [-0.15, -0.1) is 0 Å². The summed E-state index contributed by atoms with van der Waals surface area (Å²) in [5.74, 6) is 2.37. The van der Waals surface area contributed by atoms with E-state index in [4.69, 9.17) is 0 Å². The second kappa shape index (κ2) is 5.29. The largest absolute Gasteiger partial charge is 0.369 e. The minimum absolute atomic E-state index is 0.700. The van der Waals surface area contributed by atoms with E-state index in [0.29, 0.717) is 5.92 Å². The van der Waals surface area contributed by atoms with Gasteiger partial charge in [0.1, 0.15) is 5.82 Å². The standard InChI is InChI=1S/C15H16BrN3/c1-2-17-15-13(16)9-18-14(19-15)12-6-4-3-5-11(12)10-7-8-10/h3-6,9-10H,2,7-8H2,1H3,(H,17,18,19). The molecule has 0 saturated heterocycles. The van der Waals surface area contributed by atoms with Gasteiger partial charge in [0, 0.05) is 18.3 Å². The maximum atomic E-state index is 4.63. The highest BCUT2D eigenvalue weighted by Gasteiger charge is 2.26. The molecule has 1 saturated carbocycles. The quantitative estimate of drug-likeness (QED) is 0.917. The fraction of sp³-hybridized carbons (Fsp3) is 0.333. The Morgan fingerprint density at radius 3 is 2.84 bits per heavy atom. The fourth-order valence-corrected chi connectivity index (χ4v) is 2.57. The van der Waals surface area contributed by atoms with Gasteiger partial charge in [-0.25, -0.2) is 9.97 Å². The van der Waals surface area contributed by atoms with Crippen LogP contribution in [0.2, 0.25) is 0 Å². The number of anilines is 1. The molecule has 0 atom stereocenters. The van der Waals surface area contributed by atoms with Gasteiger partial charge in [-0.1, -0.05) is 24.3 Å². The Hall–Kier alpha value is -1.42. The summed E-state index contributed by atoms with van der Waals surface area (Å²) in [6.07, 6.45) is 4.39. The molecular weight excluding hydrogens is 302 g/mol. The molecular formula is C15H16BrN3. The molecule has 1 aliphatic rings. The third-order valence-electron chi connectivity index (χ3n) is 3.31. The minimum Gasteiger partial charge on any atom is -0.369 e. The predicted octanol–water partition coefficient (Wildman–Crippen LogP) is 4.22. The Morgan fingerprint density at radius 1 is 1.32 bits per heavy atom. The van der Waals surface area contributed by atoms with E-state index in [2.05, 4.69) is 62.4 Å². The van der Waals surface area contributed by atoms with Gasteiger partial charge in [-0.05, 0) is 47.2 Å². The van der Waals surface area contributed by atoms with E-state index in [-0.39, 0.29) is 0 Å². The van der Waals surface area contributed by atoms with E-state index in [1.165, 1.54) is 18.4 Å². The number of rotatable bonds is 4. The van der Waals surface area contributed by atoms with Gasteiger partial charge >= 0.3 is 0 Å². The smallest absolute Gasteiger partial charge is 0.161 e. The summed E-state index contributed by atoms with van der Waals surface area (Å²) in [5.41, 5.74) is 2.55. The van der Waals surface area contributed by atoms with Gasteiger partial charge in [0.25, 0.3) is 0 Å². The van der Waals surface area contributed by atoms with E-state index in [0.717, 1.165) is 28.2 Å². The lowest BCUT2D eigenvalue weighted by Gasteiger charge is -2.10. The van der Waals surface area contributed by atoms with Crippen LogP contribution < -0.4 is 5.32 Å². The van der Waals surface area contributed by atoms with Crippen LogP contribution in [0.4, 0.5) is 5.82 Å². The zero-order chi connectivity index (χ0) is 13.2. The Balaban J connectivity index is 2.04.